The summed E-state index contributed by atoms with van der Waals surface area (Å²) >= 11 is 10.7. The van der Waals surface area contributed by atoms with Crippen LogP contribution in [0.2, 0.25) is 0 Å². The molecule has 5 unspecified atom stereocenters. The summed E-state index contributed by atoms with van der Waals surface area (Å²) in [5.74, 6) is -4.11. The van der Waals surface area contributed by atoms with E-state index in [0.29, 0.717) is 7.14 Å². The van der Waals surface area contributed by atoms with Crippen LogP contribution in [-0.4, -0.2) is 188 Å². The topological polar surface area (TPSA) is 351 Å². The first-order valence-corrected chi connectivity index (χ1v) is 23.7. The molecule has 0 aliphatic heterocycles. The van der Waals surface area contributed by atoms with E-state index < -0.39 is 106 Å². The lowest BCUT2D eigenvalue weighted by molar-refractivity contribution is -0.125. The number of hydrogen-bond donors (Lipinski definition) is 15. The third kappa shape index (κ3) is 15.1. The molecule has 60 heavy (non-hydrogen) atoms. The van der Waals surface area contributed by atoms with Crippen molar-refractivity contribution in [2.45, 2.75) is 30.5 Å². The van der Waals surface area contributed by atoms with Crippen LogP contribution in [0.5, 0.6) is 0 Å². The number of carbonyl (C=O) groups is 5. The molecule has 0 aliphatic carbocycles. The lowest BCUT2D eigenvalue weighted by Crippen LogP contribution is -2.42. The second kappa shape index (κ2) is 27.1. The summed E-state index contributed by atoms with van der Waals surface area (Å²) in [6, 6.07) is 0. The number of nitrogens with one attached hydrogen (secondary N) is 5. The largest absolute Gasteiger partial charge is 0.395 e. The predicted molar refractivity (Wildman–Crippen MR) is 265 cm³/mol. The SMILES string of the molecule is O=C(NCC(O)CO)c1c(I)c(NCC(O)CNC(=O)c2c(I)c(NC(=O)C(O)CO)c(I)c(C(=O)N(CCO)CC(O)CO)c2I)c(I)c(C(=O)NCC(O)CO)c1I. The molecule has 15 N–H and O–H groups in total. The van der Waals surface area contributed by atoms with Crippen molar-refractivity contribution in [3.8, 4) is 0 Å². The number of aliphatic hydroxyl groups excluding tert-OH is 10. The maximum Gasteiger partial charge on any atom is 0.256 e. The highest BCUT2D eigenvalue weighted by molar-refractivity contribution is 14.1. The number of nitrogens with zero attached hydrogens (tertiary/aromatic N) is 1. The van der Waals surface area contributed by atoms with E-state index in [9.17, 15) is 75.0 Å². The highest BCUT2D eigenvalue weighted by Gasteiger charge is 2.33. The van der Waals surface area contributed by atoms with Crippen LogP contribution < -0.4 is 26.6 Å². The van der Waals surface area contributed by atoms with Crippen LogP contribution in [0.4, 0.5) is 11.4 Å². The van der Waals surface area contributed by atoms with Crippen LogP contribution in [0.1, 0.15) is 41.4 Å². The Balaban J connectivity index is 2.55. The molecule has 0 bridgehead atoms. The molecule has 21 nitrogen and oxygen atoms in total. The van der Waals surface area contributed by atoms with E-state index in [2.05, 4.69) is 26.6 Å². The molecule has 0 saturated carbocycles. The summed E-state index contributed by atoms with van der Waals surface area (Å²) in [6.07, 6.45) is -7.14. The van der Waals surface area contributed by atoms with Gasteiger partial charge < -0.3 is 82.5 Å². The summed E-state index contributed by atoms with van der Waals surface area (Å²) < 4.78 is 1.05. The molecule has 0 fully saturated rings. The van der Waals surface area contributed by atoms with Gasteiger partial charge in [-0.05, 0) is 136 Å². The lowest BCUT2D eigenvalue weighted by atomic mass is 10.1. The van der Waals surface area contributed by atoms with Gasteiger partial charge in [0.15, 0.2) is 6.10 Å². The first-order valence-electron chi connectivity index (χ1n) is 17.3. The van der Waals surface area contributed by atoms with Crippen molar-refractivity contribution in [1.82, 2.24) is 20.9 Å². The molecule has 0 radical (unpaired) electrons. The van der Waals surface area contributed by atoms with Gasteiger partial charge in [-0.2, -0.15) is 0 Å². The molecule has 5 atom stereocenters. The number of amides is 5. The van der Waals surface area contributed by atoms with Crippen LogP contribution in [0.15, 0.2) is 0 Å². The van der Waals surface area contributed by atoms with E-state index in [1.807, 2.05) is 45.2 Å². The van der Waals surface area contributed by atoms with E-state index in [1.54, 1.807) is 90.4 Å². The van der Waals surface area contributed by atoms with Crippen molar-refractivity contribution >= 4 is 176 Å². The van der Waals surface area contributed by atoms with E-state index >= 15 is 0 Å². The molecular weight excluding hydrogens is 1480 g/mol. The first-order chi connectivity index (χ1) is 28.2. The van der Waals surface area contributed by atoms with Crippen LogP contribution in [0, 0.1) is 21.4 Å². The van der Waals surface area contributed by atoms with Gasteiger partial charge in [0.25, 0.3) is 29.5 Å². The molecule has 0 saturated heterocycles. The van der Waals surface area contributed by atoms with Crippen LogP contribution in [0.25, 0.3) is 0 Å². The van der Waals surface area contributed by atoms with Gasteiger partial charge in [0.2, 0.25) is 0 Å². The molecule has 0 heterocycles. The minimum atomic E-state index is -1.87. The Kier molecular flexibility index (Phi) is 25.2. The number of carbonyl (C=O) groups excluding carboxylic acids is 5. The molecule has 27 heteroatoms. The van der Waals surface area contributed by atoms with Gasteiger partial charge in [0.05, 0.1) is 105 Å². The number of hydrogen-bond acceptors (Lipinski definition) is 16. The smallest absolute Gasteiger partial charge is 0.256 e. The monoisotopic (exact) mass is 1520 g/mol. The van der Waals surface area contributed by atoms with E-state index in [0.717, 1.165) is 4.90 Å². The highest BCUT2D eigenvalue weighted by atomic mass is 127. The van der Waals surface area contributed by atoms with Crippen molar-refractivity contribution in [2.75, 3.05) is 82.9 Å². The summed E-state index contributed by atoms with van der Waals surface area (Å²) in [4.78, 5) is 68.3. The number of halogens is 6. The molecule has 0 spiro atoms. The Hall–Kier alpha value is -0.430. The van der Waals surface area contributed by atoms with E-state index in [-0.39, 0.29) is 74.1 Å². The third-order valence-electron chi connectivity index (χ3n) is 7.98. The molecule has 2 rings (SSSR count). The minimum absolute atomic E-state index is 0.00550. The lowest BCUT2D eigenvalue weighted by Gasteiger charge is -2.27. The average molecular weight is 1520 g/mol. The Morgan fingerprint density at radius 2 is 0.900 bits per heavy atom. The maximum absolute atomic E-state index is 13.9. The van der Waals surface area contributed by atoms with Crippen molar-refractivity contribution in [3.05, 3.63) is 43.7 Å². The summed E-state index contributed by atoms with van der Waals surface area (Å²) in [6.45, 7) is -5.46. The third-order valence-corrected chi connectivity index (χ3v) is 14.5. The fourth-order valence-electron chi connectivity index (χ4n) is 4.85. The molecule has 336 valence electrons. The van der Waals surface area contributed by atoms with Crippen molar-refractivity contribution in [1.29, 1.82) is 0 Å². The standard InChI is InChI=1S/C33H42I6N6O15/c34-21-17(30(57)42-5-13(52)8-47)23(36)27(24(37)18(21)31(58)43-6-14(53)9-48)40-3-12(51)4-41-32(59)19-22(35)20(33(60)45(1-2-46)7-15(54)10-49)26(39)28(25(19)38)44-29(56)16(55)11-50/h12-16,40,46-55H,1-11H2,(H,41,59)(H,42,57)(H,43,58)(H,44,56). The van der Waals surface area contributed by atoms with Gasteiger partial charge in [0.1, 0.15) is 0 Å². The van der Waals surface area contributed by atoms with Gasteiger partial charge in [-0.25, -0.2) is 0 Å². The van der Waals surface area contributed by atoms with Gasteiger partial charge in [-0.3, -0.25) is 24.0 Å². The van der Waals surface area contributed by atoms with Gasteiger partial charge in [-0.15, -0.1) is 0 Å². The molecule has 5 amide bonds. The zero-order valence-corrected chi connectivity index (χ0v) is 43.8. The first kappa shape index (κ1) is 55.7. The molecule has 2 aromatic carbocycles. The highest BCUT2D eigenvalue weighted by Crippen LogP contribution is 2.38. The van der Waals surface area contributed by atoms with Crippen molar-refractivity contribution < 1.29 is 75.0 Å². The quantitative estimate of drug-likeness (QED) is 0.0524. The summed E-state index contributed by atoms with van der Waals surface area (Å²) in [7, 11) is 0. The molecule has 2 aromatic rings. The molecule has 0 aliphatic rings. The van der Waals surface area contributed by atoms with Crippen molar-refractivity contribution in [2.24, 2.45) is 0 Å². The van der Waals surface area contributed by atoms with Gasteiger partial charge in [0, 0.05) is 46.4 Å². The van der Waals surface area contributed by atoms with Gasteiger partial charge in [-0.1, -0.05) is 0 Å². The zero-order chi connectivity index (χ0) is 45.6. The zero-order valence-electron chi connectivity index (χ0n) is 30.9. The normalized spacial score (nSPS) is 13.7. The number of anilines is 2. The Morgan fingerprint density at radius 3 is 1.32 bits per heavy atom. The minimum Gasteiger partial charge on any atom is -0.395 e. The Morgan fingerprint density at radius 1 is 0.500 bits per heavy atom. The fraction of sp³-hybridized carbons (Fsp3) is 0.485. The summed E-state index contributed by atoms with van der Waals surface area (Å²) in [5.41, 5.74) is -0.147. The fourth-order valence-corrected chi connectivity index (χ4v) is 13.8. The number of rotatable bonds is 23. The van der Waals surface area contributed by atoms with Crippen molar-refractivity contribution in [3.63, 3.8) is 0 Å². The van der Waals surface area contributed by atoms with Crippen LogP contribution in [-0.2, 0) is 4.79 Å². The van der Waals surface area contributed by atoms with Gasteiger partial charge >= 0.3 is 0 Å². The predicted octanol–water partition coefficient (Wildman–Crippen LogP) is -2.24. The average Bonchev–Trinajstić information content (AvgIpc) is 3.21. The molecular formula is C33H42I6N6O15. The number of aliphatic hydroxyl groups is 10. The Labute approximate surface area is 424 Å². The second-order valence-corrected chi connectivity index (χ2v) is 18.9. The summed E-state index contributed by atoms with van der Waals surface area (Å²) in [5, 5.41) is 111. The second-order valence-electron chi connectivity index (χ2n) is 12.5. The van der Waals surface area contributed by atoms with Crippen LogP contribution >= 0.6 is 136 Å². The van der Waals surface area contributed by atoms with Crippen LogP contribution in [0.3, 0.4) is 0 Å². The number of benzene rings is 2. The van der Waals surface area contributed by atoms with E-state index in [4.69, 9.17) is 0 Å². The molecule has 0 aromatic heterocycles. The maximum atomic E-state index is 13.9. The Bertz CT molecular complexity index is 1830. The van der Waals surface area contributed by atoms with E-state index in [1.165, 1.54) is 0 Å².